The maximum atomic E-state index is 13.8. The van der Waals surface area contributed by atoms with Crippen LogP contribution in [0.4, 0.5) is 8.78 Å². The fraction of sp³-hybridized carbons (Fsp3) is 0.364. The molecule has 0 amide bonds. The second kappa shape index (κ2) is 6.25. The first-order valence-corrected chi connectivity index (χ1v) is 7.13. The number of aromatic carboxylic acids is 1. The van der Waals surface area contributed by atoms with Gasteiger partial charge in [0.25, 0.3) is 0 Å². The van der Waals surface area contributed by atoms with Gasteiger partial charge in [0.05, 0.1) is 38.7 Å². The lowest BCUT2D eigenvalue weighted by Crippen LogP contribution is -3.06. The van der Waals surface area contributed by atoms with Crippen molar-refractivity contribution < 1.29 is 32.0 Å². The van der Waals surface area contributed by atoms with Crippen LogP contribution in [-0.2, 0) is 10.0 Å². The number of nitrogens with one attached hydrogen (secondary N) is 2. The van der Waals surface area contributed by atoms with E-state index in [4.69, 9.17) is 0 Å². The van der Waals surface area contributed by atoms with E-state index in [0.717, 1.165) is 4.90 Å². The first-order valence-electron chi connectivity index (χ1n) is 5.65. The number of carboxylic acids is 1. The second-order valence-corrected chi connectivity index (χ2v) is 6.11. The maximum absolute atomic E-state index is 13.8. The van der Waals surface area contributed by atoms with Crippen molar-refractivity contribution >= 4 is 16.0 Å². The van der Waals surface area contributed by atoms with E-state index < -0.39 is 38.1 Å². The molecule has 0 bridgehead atoms. The fourth-order valence-corrected chi connectivity index (χ4v) is 2.55. The van der Waals surface area contributed by atoms with Crippen LogP contribution >= 0.6 is 0 Å². The van der Waals surface area contributed by atoms with E-state index in [1.165, 1.54) is 0 Å². The van der Waals surface area contributed by atoms with E-state index in [9.17, 15) is 27.1 Å². The van der Waals surface area contributed by atoms with Gasteiger partial charge in [0.2, 0.25) is 10.0 Å². The summed E-state index contributed by atoms with van der Waals surface area (Å²) in [5.74, 6) is -5.18. The van der Waals surface area contributed by atoms with Crippen LogP contribution in [0.1, 0.15) is 10.4 Å². The average molecular weight is 308 g/mol. The van der Waals surface area contributed by atoms with Gasteiger partial charge in [-0.25, -0.2) is 21.9 Å². The zero-order valence-corrected chi connectivity index (χ0v) is 11.7. The quantitative estimate of drug-likeness (QED) is 0.621. The van der Waals surface area contributed by atoms with Crippen molar-refractivity contribution in [2.75, 3.05) is 27.2 Å². The van der Waals surface area contributed by atoms with Gasteiger partial charge >= 0.3 is 0 Å². The van der Waals surface area contributed by atoms with Crippen molar-refractivity contribution in [1.82, 2.24) is 4.72 Å². The molecule has 0 aliphatic rings. The van der Waals surface area contributed by atoms with E-state index in [1.807, 2.05) is 0 Å². The summed E-state index contributed by atoms with van der Waals surface area (Å²) in [6.45, 7) is 0.470. The lowest BCUT2D eigenvalue weighted by Gasteiger charge is -2.12. The molecule has 0 aliphatic heterocycles. The number of quaternary nitrogens is 1. The molecule has 0 saturated heterocycles. The highest BCUT2D eigenvalue weighted by atomic mass is 32.2. The van der Waals surface area contributed by atoms with Crippen molar-refractivity contribution in [3.8, 4) is 0 Å². The SMILES string of the molecule is C[NH+](C)CCNS(=O)(=O)c1ccc(F)c(C(=O)[O-])c1F. The molecule has 9 heteroatoms. The molecular weight excluding hydrogens is 294 g/mol. The summed E-state index contributed by atoms with van der Waals surface area (Å²) in [5, 5.41) is 10.6. The zero-order chi connectivity index (χ0) is 15.5. The van der Waals surface area contributed by atoms with Crippen molar-refractivity contribution in [2.45, 2.75) is 4.90 Å². The molecule has 1 aromatic carbocycles. The fourth-order valence-electron chi connectivity index (χ4n) is 1.44. The number of carbonyl (C=O) groups excluding carboxylic acids is 1. The minimum Gasteiger partial charge on any atom is -0.545 e. The first kappa shape index (κ1) is 16.5. The Bertz CT molecular complexity index is 617. The first-order chi connectivity index (χ1) is 9.16. The summed E-state index contributed by atoms with van der Waals surface area (Å²) in [4.78, 5) is 10.7. The molecule has 112 valence electrons. The van der Waals surface area contributed by atoms with Gasteiger partial charge in [0.15, 0.2) is 5.82 Å². The number of likely N-dealkylation sites (N-methyl/N-ethyl adjacent to an activating group) is 1. The smallest absolute Gasteiger partial charge is 0.243 e. The summed E-state index contributed by atoms with van der Waals surface area (Å²) in [6.07, 6.45) is 0. The Morgan fingerprint density at radius 3 is 2.45 bits per heavy atom. The van der Waals surface area contributed by atoms with E-state index in [-0.39, 0.29) is 6.54 Å². The number of hydrogen-bond acceptors (Lipinski definition) is 4. The van der Waals surface area contributed by atoms with Crippen LogP contribution in [-0.4, -0.2) is 41.6 Å². The minimum atomic E-state index is -4.26. The van der Waals surface area contributed by atoms with Crippen molar-refractivity contribution in [3.63, 3.8) is 0 Å². The molecule has 0 fully saturated rings. The van der Waals surface area contributed by atoms with Gasteiger partial charge in [-0.2, -0.15) is 0 Å². The third-order valence-corrected chi connectivity index (χ3v) is 3.94. The topological polar surface area (TPSA) is 90.7 Å². The Hall–Kier alpha value is -1.58. The van der Waals surface area contributed by atoms with Crippen LogP contribution in [0, 0.1) is 11.6 Å². The van der Waals surface area contributed by atoms with Crippen molar-refractivity contribution in [3.05, 3.63) is 29.3 Å². The number of carbonyl (C=O) groups is 1. The minimum absolute atomic E-state index is 0.0299. The van der Waals surface area contributed by atoms with Crippen LogP contribution in [0.3, 0.4) is 0 Å². The lowest BCUT2D eigenvalue weighted by atomic mass is 10.2. The summed E-state index contributed by atoms with van der Waals surface area (Å²) < 4.78 is 52.7. The Balaban J connectivity index is 3.13. The molecule has 0 unspecified atom stereocenters. The number of hydrogen-bond donors (Lipinski definition) is 2. The van der Waals surface area contributed by atoms with E-state index in [0.29, 0.717) is 18.7 Å². The number of halogens is 2. The number of carboxylic acid groups (broad SMARTS) is 1. The molecule has 0 aromatic heterocycles. The molecule has 0 radical (unpaired) electrons. The summed E-state index contributed by atoms with van der Waals surface area (Å²) in [6, 6.07) is 1.24. The molecule has 0 atom stereocenters. The van der Waals surface area contributed by atoms with Gasteiger partial charge in [-0.05, 0) is 12.1 Å². The third kappa shape index (κ3) is 3.71. The monoisotopic (exact) mass is 308 g/mol. The standard InChI is InChI=1S/C11H14F2N2O4S/c1-15(2)6-5-14-20(18,19)8-4-3-7(12)9(10(8)13)11(16)17/h3-4,14H,5-6H2,1-2H3,(H,16,17). The molecular formula is C11H14F2N2O4S. The van der Waals surface area contributed by atoms with E-state index in [2.05, 4.69) is 4.72 Å². The zero-order valence-electron chi connectivity index (χ0n) is 10.9. The number of sulfonamides is 1. The van der Waals surface area contributed by atoms with Gasteiger partial charge in [-0.1, -0.05) is 0 Å². The molecule has 0 heterocycles. The van der Waals surface area contributed by atoms with E-state index >= 15 is 0 Å². The van der Waals surface area contributed by atoms with Gasteiger partial charge < -0.3 is 14.8 Å². The van der Waals surface area contributed by atoms with Crippen LogP contribution in [0.25, 0.3) is 0 Å². The lowest BCUT2D eigenvalue weighted by molar-refractivity contribution is -0.856. The molecule has 0 saturated carbocycles. The molecule has 1 aromatic rings. The number of benzene rings is 1. The van der Waals surface area contributed by atoms with Crippen LogP contribution in [0.15, 0.2) is 17.0 Å². The van der Waals surface area contributed by atoms with Crippen LogP contribution in [0.2, 0.25) is 0 Å². The average Bonchev–Trinajstić information content (AvgIpc) is 2.26. The molecule has 0 aliphatic carbocycles. The van der Waals surface area contributed by atoms with E-state index in [1.54, 1.807) is 14.1 Å². The molecule has 2 N–H and O–H groups in total. The predicted octanol–water partition coefficient (Wildman–Crippen LogP) is -2.25. The van der Waals surface area contributed by atoms with Gasteiger partial charge in [-0.3, -0.25) is 0 Å². The second-order valence-electron chi connectivity index (χ2n) is 4.38. The van der Waals surface area contributed by atoms with Crippen LogP contribution < -0.4 is 14.7 Å². The Morgan fingerprint density at radius 1 is 1.35 bits per heavy atom. The summed E-state index contributed by atoms with van der Waals surface area (Å²) in [7, 11) is -0.670. The Kier molecular flexibility index (Phi) is 5.15. The molecule has 1 rings (SSSR count). The Labute approximate surface area is 115 Å². The Morgan fingerprint density at radius 2 is 1.95 bits per heavy atom. The molecule has 0 spiro atoms. The highest BCUT2D eigenvalue weighted by Gasteiger charge is 2.24. The summed E-state index contributed by atoms with van der Waals surface area (Å²) >= 11 is 0. The summed E-state index contributed by atoms with van der Waals surface area (Å²) in [5.41, 5.74) is -1.40. The van der Waals surface area contributed by atoms with Gasteiger partial charge in [0, 0.05) is 0 Å². The number of rotatable bonds is 6. The van der Waals surface area contributed by atoms with Gasteiger partial charge in [-0.15, -0.1) is 0 Å². The third-order valence-electron chi connectivity index (χ3n) is 2.47. The normalized spacial score (nSPS) is 11.8. The largest absolute Gasteiger partial charge is 0.545 e. The van der Waals surface area contributed by atoms with Crippen molar-refractivity contribution in [2.24, 2.45) is 0 Å². The van der Waals surface area contributed by atoms with Crippen molar-refractivity contribution in [1.29, 1.82) is 0 Å². The highest BCUT2D eigenvalue weighted by Crippen LogP contribution is 2.20. The highest BCUT2D eigenvalue weighted by molar-refractivity contribution is 7.89. The maximum Gasteiger partial charge on any atom is 0.243 e. The predicted molar refractivity (Wildman–Crippen MR) is 63.6 cm³/mol. The molecule has 6 nitrogen and oxygen atoms in total. The van der Waals surface area contributed by atoms with Gasteiger partial charge in [0.1, 0.15) is 10.7 Å². The van der Waals surface area contributed by atoms with Crippen LogP contribution in [0.5, 0.6) is 0 Å². The molecule has 20 heavy (non-hydrogen) atoms.